The molecule has 0 radical (unpaired) electrons. The van der Waals surface area contributed by atoms with Gasteiger partial charge in [-0.15, -0.1) is 23.5 Å². The first kappa shape index (κ1) is 23.1. The summed E-state index contributed by atoms with van der Waals surface area (Å²) >= 11 is 3.18. The van der Waals surface area contributed by atoms with Crippen molar-refractivity contribution >= 4 is 35.3 Å². The molecule has 0 aliphatic heterocycles. The van der Waals surface area contributed by atoms with Crippen LogP contribution in [0.3, 0.4) is 0 Å². The Kier molecular flexibility index (Phi) is 11.4. The zero-order valence-electron chi connectivity index (χ0n) is 16.4. The molecule has 0 aromatic heterocycles. The van der Waals surface area contributed by atoms with E-state index in [0.29, 0.717) is 0 Å². The summed E-state index contributed by atoms with van der Waals surface area (Å²) in [5.41, 5.74) is 1.52. The number of unbranched alkanes of at least 4 members (excludes halogenated alkanes) is 1. The van der Waals surface area contributed by atoms with Gasteiger partial charge in [0.15, 0.2) is 0 Å². The second kappa shape index (κ2) is 13.3. The van der Waals surface area contributed by atoms with Crippen molar-refractivity contribution in [3.05, 3.63) is 59.7 Å². The van der Waals surface area contributed by atoms with E-state index in [4.69, 9.17) is 0 Å². The Morgan fingerprint density at radius 3 is 1.78 bits per heavy atom. The van der Waals surface area contributed by atoms with Gasteiger partial charge in [-0.2, -0.15) is 0 Å². The summed E-state index contributed by atoms with van der Waals surface area (Å²) in [5, 5.41) is 5.53. The Morgan fingerprint density at radius 2 is 1.33 bits per heavy atom. The largest absolute Gasteiger partial charge is 0.355 e. The summed E-state index contributed by atoms with van der Waals surface area (Å²) in [4.78, 5) is 25.1. The lowest BCUT2D eigenvalue weighted by Gasteiger charge is -2.07. The van der Waals surface area contributed by atoms with Crippen LogP contribution in [0.25, 0.3) is 0 Å². The highest BCUT2D eigenvalue weighted by atomic mass is 32.2. The van der Waals surface area contributed by atoms with Gasteiger partial charge in [0.05, 0.1) is 11.1 Å². The third-order valence-electron chi connectivity index (χ3n) is 3.75. The zero-order valence-corrected chi connectivity index (χ0v) is 18.0. The SMILES string of the molecule is CCCCNC(=O)c1ccccc1SC.CNC(=O)c1ccccc1SC. The molecule has 2 amide bonds. The van der Waals surface area contributed by atoms with Crippen LogP contribution in [0.4, 0.5) is 0 Å². The van der Waals surface area contributed by atoms with Gasteiger partial charge in [0.1, 0.15) is 0 Å². The summed E-state index contributed by atoms with van der Waals surface area (Å²) in [7, 11) is 1.64. The van der Waals surface area contributed by atoms with E-state index in [1.165, 1.54) is 0 Å². The Balaban J connectivity index is 0.000000277. The van der Waals surface area contributed by atoms with Crippen molar-refractivity contribution in [3.63, 3.8) is 0 Å². The average molecular weight is 405 g/mol. The maximum atomic E-state index is 11.8. The van der Waals surface area contributed by atoms with Gasteiger partial charge in [0.25, 0.3) is 11.8 Å². The van der Waals surface area contributed by atoms with E-state index in [0.717, 1.165) is 40.3 Å². The summed E-state index contributed by atoms with van der Waals surface area (Å²) in [6.07, 6.45) is 6.08. The molecule has 2 aromatic rings. The standard InChI is InChI=1S/C12H17NOS.C9H11NOS/c1-3-4-9-13-12(14)10-7-5-6-8-11(10)15-2;1-10-9(11)7-5-3-4-6-8(7)12-2/h5-8H,3-4,9H2,1-2H3,(H,13,14);3-6H,1-2H3,(H,10,11). The van der Waals surface area contributed by atoms with Crippen LogP contribution in [-0.2, 0) is 0 Å². The van der Waals surface area contributed by atoms with E-state index in [2.05, 4.69) is 17.6 Å². The van der Waals surface area contributed by atoms with Crippen LogP contribution in [0.2, 0.25) is 0 Å². The van der Waals surface area contributed by atoms with Gasteiger partial charge in [0, 0.05) is 23.4 Å². The van der Waals surface area contributed by atoms with E-state index >= 15 is 0 Å². The number of carbonyl (C=O) groups excluding carboxylic acids is 2. The van der Waals surface area contributed by atoms with E-state index < -0.39 is 0 Å². The molecule has 0 saturated carbocycles. The molecule has 0 heterocycles. The van der Waals surface area contributed by atoms with Gasteiger partial charge in [-0.3, -0.25) is 9.59 Å². The molecule has 0 spiro atoms. The van der Waals surface area contributed by atoms with Crippen LogP contribution in [0.15, 0.2) is 58.3 Å². The second-order valence-corrected chi connectivity index (χ2v) is 7.29. The number of hydrogen-bond donors (Lipinski definition) is 2. The van der Waals surface area contributed by atoms with Crippen LogP contribution in [0.5, 0.6) is 0 Å². The highest BCUT2D eigenvalue weighted by Gasteiger charge is 2.08. The molecule has 2 N–H and O–H groups in total. The van der Waals surface area contributed by atoms with Gasteiger partial charge < -0.3 is 10.6 Å². The van der Waals surface area contributed by atoms with Crippen LogP contribution in [-0.4, -0.2) is 37.9 Å². The maximum absolute atomic E-state index is 11.8. The summed E-state index contributed by atoms with van der Waals surface area (Å²) in [5.74, 6) is 0.00773. The second-order valence-electron chi connectivity index (χ2n) is 5.59. The third kappa shape index (κ3) is 7.69. The van der Waals surface area contributed by atoms with Crippen molar-refractivity contribution in [1.29, 1.82) is 0 Å². The number of hydrogen-bond acceptors (Lipinski definition) is 4. The van der Waals surface area contributed by atoms with Crippen LogP contribution < -0.4 is 10.6 Å². The first-order valence-electron chi connectivity index (χ1n) is 8.85. The number of thioether (sulfide) groups is 2. The van der Waals surface area contributed by atoms with Crippen molar-refractivity contribution in [2.75, 3.05) is 26.1 Å². The molecule has 0 aliphatic carbocycles. The molecule has 0 aliphatic rings. The monoisotopic (exact) mass is 404 g/mol. The molecule has 0 saturated heterocycles. The Labute approximate surface area is 170 Å². The number of amides is 2. The molecular weight excluding hydrogens is 376 g/mol. The molecule has 27 heavy (non-hydrogen) atoms. The first-order chi connectivity index (χ1) is 13.1. The molecule has 0 bridgehead atoms. The van der Waals surface area contributed by atoms with E-state index in [9.17, 15) is 9.59 Å². The number of nitrogens with one attached hydrogen (secondary N) is 2. The van der Waals surface area contributed by atoms with Crippen LogP contribution in [0.1, 0.15) is 40.5 Å². The van der Waals surface area contributed by atoms with Crippen molar-refractivity contribution in [1.82, 2.24) is 10.6 Å². The molecule has 6 heteroatoms. The van der Waals surface area contributed by atoms with Gasteiger partial charge in [-0.05, 0) is 43.2 Å². The summed E-state index contributed by atoms with van der Waals surface area (Å²) in [6.45, 7) is 2.88. The zero-order chi connectivity index (χ0) is 20.1. The molecular formula is C21H28N2O2S2. The fourth-order valence-corrected chi connectivity index (χ4v) is 3.46. The predicted octanol–water partition coefficient (Wildman–Crippen LogP) is 4.71. The topological polar surface area (TPSA) is 58.2 Å². The smallest absolute Gasteiger partial charge is 0.252 e. The number of rotatable bonds is 7. The minimum Gasteiger partial charge on any atom is -0.355 e. The van der Waals surface area contributed by atoms with E-state index in [1.807, 2.05) is 61.0 Å². The number of benzene rings is 2. The quantitative estimate of drug-likeness (QED) is 0.518. The van der Waals surface area contributed by atoms with Crippen molar-refractivity contribution < 1.29 is 9.59 Å². The van der Waals surface area contributed by atoms with E-state index in [1.54, 1.807) is 30.6 Å². The van der Waals surface area contributed by atoms with Crippen LogP contribution >= 0.6 is 23.5 Å². The average Bonchev–Trinajstić information content (AvgIpc) is 2.73. The van der Waals surface area contributed by atoms with Gasteiger partial charge in [0.2, 0.25) is 0 Å². The molecule has 0 atom stereocenters. The Bertz CT molecular complexity index is 736. The van der Waals surface area contributed by atoms with Gasteiger partial charge in [-0.25, -0.2) is 0 Å². The molecule has 146 valence electrons. The first-order valence-corrected chi connectivity index (χ1v) is 11.3. The lowest BCUT2D eigenvalue weighted by Crippen LogP contribution is -2.24. The predicted molar refractivity (Wildman–Crippen MR) is 117 cm³/mol. The Morgan fingerprint density at radius 1 is 0.852 bits per heavy atom. The van der Waals surface area contributed by atoms with Gasteiger partial charge >= 0.3 is 0 Å². The lowest BCUT2D eigenvalue weighted by molar-refractivity contribution is 0.0945. The summed E-state index contributed by atoms with van der Waals surface area (Å²) in [6, 6.07) is 15.2. The van der Waals surface area contributed by atoms with Crippen LogP contribution in [0, 0.1) is 0 Å². The minimum absolute atomic E-state index is 0.0278. The maximum Gasteiger partial charge on any atom is 0.252 e. The fourth-order valence-electron chi connectivity index (χ4n) is 2.27. The van der Waals surface area contributed by atoms with Crippen molar-refractivity contribution in [3.8, 4) is 0 Å². The van der Waals surface area contributed by atoms with Crippen molar-refractivity contribution in [2.45, 2.75) is 29.6 Å². The molecule has 2 aromatic carbocycles. The molecule has 0 fully saturated rings. The molecule has 2 rings (SSSR count). The highest BCUT2D eigenvalue weighted by molar-refractivity contribution is 7.99. The van der Waals surface area contributed by atoms with Crippen molar-refractivity contribution in [2.24, 2.45) is 0 Å². The molecule has 4 nitrogen and oxygen atoms in total. The molecule has 0 unspecified atom stereocenters. The Hall–Kier alpha value is -1.92. The normalized spacial score (nSPS) is 9.78. The summed E-state index contributed by atoms with van der Waals surface area (Å²) < 4.78 is 0. The fraction of sp³-hybridized carbons (Fsp3) is 0.333. The van der Waals surface area contributed by atoms with E-state index in [-0.39, 0.29) is 11.8 Å². The highest BCUT2D eigenvalue weighted by Crippen LogP contribution is 2.20. The van der Waals surface area contributed by atoms with Gasteiger partial charge in [-0.1, -0.05) is 37.6 Å². The lowest BCUT2D eigenvalue weighted by atomic mass is 10.2. The number of carbonyl (C=O) groups is 2. The third-order valence-corrected chi connectivity index (χ3v) is 5.34. The minimum atomic E-state index is -0.0278.